The Kier molecular flexibility index (Phi) is 3.55. The Morgan fingerprint density at radius 1 is 1.10 bits per heavy atom. The molecule has 0 aliphatic carbocycles. The van der Waals surface area contributed by atoms with E-state index in [1.165, 1.54) is 4.90 Å². The Hall–Kier alpha value is -1.34. The number of carbonyl (C=O) groups is 2. The number of ether oxygens (including phenoxy) is 2. The van der Waals surface area contributed by atoms with Crippen molar-refractivity contribution >= 4 is 12.0 Å². The van der Waals surface area contributed by atoms with Gasteiger partial charge in [0.2, 0.25) is 0 Å². The van der Waals surface area contributed by atoms with E-state index < -0.39 is 17.8 Å². The van der Waals surface area contributed by atoms with E-state index in [1.807, 2.05) is 0 Å². The van der Waals surface area contributed by atoms with E-state index >= 15 is 0 Å². The molecule has 3 heterocycles. The van der Waals surface area contributed by atoms with Crippen molar-refractivity contribution in [3.05, 3.63) is 0 Å². The molecule has 3 aliphatic heterocycles. The summed E-state index contributed by atoms with van der Waals surface area (Å²) in [6.07, 6.45) is 2.62. The van der Waals surface area contributed by atoms with Crippen molar-refractivity contribution in [2.24, 2.45) is 0 Å². The van der Waals surface area contributed by atoms with Gasteiger partial charge in [0, 0.05) is 32.5 Å². The van der Waals surface area contributed by atoms with Gasteiger partial charge in [0.1, 0.15) is 6.04 Å². The van der Waals surface area contributed by atoms with Gasteiger partial charge in [-0.15, -0.1) is 0 Å². The molecule has 1 spiro atoms. The molecule has 0 saturated carbocycles. The quantitative estimate of drug-likeness (QED) is 0.758. The SMILES string of the molecule is O=C(O)[C@@H]1CCCN1C(=O)N1CCC2(CC1)OCCO2. The minimum absolute atomic E-state index is 0.164. The third kappa shape index (κ3) is 2.35. The highest BCUT2D eigenvalue weighted by Gasteiger charge is 2.43. The molecule has 1 N–H and O–H groups in total. The van der Waals surface area contributed by atoms with Gasteiger partial charge < -0.3 is 24.4 Å². The summed E-state index contributed by atoms with van der Waals surface area (Å²) in [7, 11) is 0. The summed E-state index contributed by atoms with van der Waals surface area (Å²) in [6, 6.07) is -0.833. The number of hydrogen-bond donors (Lipinski definition) is 1. The van der Waals surface area contributed by atoms with Crippen LogP contribution in [0.1, 0.15) is 25.7 Å². The van der Waals surface area contributed by atoms with Crippen LogP contribution in [0.15, 0.2) is 0 Å². The molecule has 0 aromatic heterocycles. The fraction of sp³-hybridized carbons (Fsp3) is 0.846. The zero-order valence-corrected chi connectivity index (χ0v) is 11.4. The lowest BCUT2D eigenvalue weighted by Crippen LogP contribution is -2.53. The van der Waals surface area contributed by atoms with Crippen LogP contribution in [0.5, 0.6) is 0 Å². The number of aliphatic carboxylic acids is 1. The maximum atomic E-state index is 12.4. The van der Waals surface area contributed by atoms with Crippen molar-refractivity contribution < 1.29 is 24.2 Å². The minimum Gasteiger partial charge on any atom is -0.480 e. The second kappa shape index (κ2) is 5.21. The third-order valence-corrected chi connectivity index (χ3v) is 4.39. The molecule has 7 nitrogen and oxygen atoms in total. The number of nitrogens with zero attached hydrogens (tertiary/aromatic N) is 2. The van der Waals surface area contributed by atoms with Gasteiger partial charge in [-0.25, -0.2) is 9.59 Å². The number of carboxylic acid groups (broad SMARTS) is 1. The summed E-state index contributed by atoms with van der Waals surface area (Å²) in [4.78, 5) is 26.8. The number of rotatable bonds is 1. The topological polar surface area (TPSA) is 79.3 Å². The van der Waals surface area contributed by atoms with Crippen LogP contribution in [0, 0.1) is 0 Å². The fourth-order valence-corrected chi connectivity index (χ4v) is 3.26. The van der Waals surface area contributed by atoms with Crippen LogP contribution in [-0.2, 0) is 14.3 Å². The Bertz CT molecular complexity index is 398. The smallest absolute Gasteiger partial charge is 0.326 e. The lowest BCUT2D eigenvalue weighted by Gasteiger charge is -2.39. The molecule has 3 fully saturated rings. The predicted molar refractivity (Wildman–Crippen MR) is 68.2 cm³/mol. The molecule has 3 saturated heterocycles. The van der Waals surface area contributed by atoms with Crippen LogP contribution >= 0.6 is 0 Å². The van der Waals surface area contributed by atoms with E-state index in [9.17, 15) is 9.59 Å². The Balaban J connectivity index is 1.60. The average Bonchev–Trinajstić information content (AvgIpc) is 3.08. The van der Waals surface area contributed by atoms with E-state index in [1.54, 1.807) is 4.90 Å². The van der Waals surface area contributed by atoms with E-state index in [0.29, 0.717) is 52.1 Å². The first-order valence-corrected chi connectivity index (χ1v) is 7.18. The summed E-state index contributed by atoms with van der Waals surface area (Å²) in [5.41, 5.74) is 0. The van der Waals surface area contributed by atoms with Gasteiger partial charge in [0.05, 0.1) is 13.2 Å². The average molecular weight is 284 g/mol. The molecule has 0 bridgehead atoms. The normalized spacial score (nSPS) is 29.1. The first-order valence-electron chi connectivity index (χ1n) is 7.18. The molecule has 0 radical (unpaired) electrons. The van der Waals surface area contributed by atoms with Crippen molar-refractivity contribution in [1.29, 1.82) is 0 Å². The van der Waals surface area contributed by atoms with Crippen molar-refractivity contribution in [3.8, 4) is 0 Å². The lowest BCUT2D eigenvalue weighted by atomic mass is 10.0. The van der Waals surface area contributed by atoms with Gasteiger partial charge in [-0.3, -0.25) is 0 Å². The zero-order valence-electron chi connectivity index (χ0n) is 11.4. The molecule has 1 atom stereocenters. The first kappa shape index (κ1) is 13.6. The Morgan fingerprint density at radius 3 is 2.35 bits per heavy atom. The van der Waals surface area contributed by atoms with Gasteiger partial charge in [0.25, 0.3) is 0 Å². The molecule has 2 amide bonds. The van der Waals surface area contributed by atoms with Gasteiger partial charge >= 0.3 is 12.0 Å². The largest absolute Gasteiger partial charge is 0.480 e. The van der Waals surface area contributed by atoms with Gasteiger partial charge in [-0.05, 0) is 12.8 Å². The number of piperidine rings is 1. The van der Waals surface area contributed by atoms with E-state index in [-0.39, 0.29) is 6.03 Å². The molecule has 0 aromatic rings. The molecule has 0 unspecified atom stereocenters. The highest BCUT2D eigenvalue weighted by Crippen LogP contribution is 2.32. The second-order valence-corrected chi connectivity index (χ2v) is 5.57. The number of hydrogen-bond acceptors (Lipinski definition) is 4. The van der Waals surface area contributed by atoms with Gasteiger partial charge in [-0.1, -0.05) is 0 Å². The summed E-state index contributed by atoms with van der Waals surface area (Å²) >= 11 is 0. The Labute approximate surface area is 117 Å². The first-order chi connectivity index (χ1) is 9.61. The summed E-state index contributed by atoms with van der Waals surface area (Å²) in [5, 5.41) is 9.15. The van der Waals surface area contributed by atoms with Crippen molar-refractivity contribution in [1.82, 2.24) is 9.80 Å². The predicted octanol–water partition coefficient (Wildman–Crippen LogP) is 0.494. The number of likely N-dealkylation sites (tertiary alicyclic amines) is 2. The Morgan fingerprint density at radius 2 is 1.75 bits per heavy atom. The van der Waals surface area contributed by atoms with Gasteiger partial charge in [-0.2, -0.15) is 0 Å². The van der Waals surface area contributed by atoms with E-state index in [2.05, 4.69) is 0 Å². The van der Waals surface area contributed by atoms with Crippen LogP contribution in [-0.4, -0.2) is 71.6 Å². The number of amides is 2. The van der Waals surface area contributed by atoms with Crippen LogP contribution < -0.4 is 0 Å². The van der Waals surface area contributed by atoms with Crippen molar-refractivity contribution in [2.75, 3.05) is 32.8 Å². The summed E-state index contributed by atoms with van der Waals surface area (Å²) < 4.78 is 11.3. The van der Waals surface area contributed by atoms with Gasteiger partial charge in [0.15, 0.2) is 5.79 Å². The number of carbonyl (C=O) groups excluding carboxylic acids is 1. The van der Waals surface area contributed by atoms with Crippen molar-refractivity contribution in [2.45, 2.75) is 37.5 Å². The van der Waals surface area contributed by atoms with Crippen LogP contribution in [0.2, 0.25) is 0 Å². The highest BCUT2D eigenvalue weighted by atomic mass is 16.7. The zero-order chi connectivity index (χ0) is 14.2. The second-order valence-electron chi connectivity index (χ2n) is 5.57. The third-order valence-electron chi connectivity index (χ3n) is 4.39. The lowest BCUT2D eigenvalue weighted by molar-refractivity contribution is -0.182. The number of carboxylic acids is 1. The maximum Gasteiger partial charge on any atom is 0.326 e. The van der Waals surface area contributed by atoms with E-state index in [4.69, 9.17) is 14.6 Å². The molecule has 112 valence electrons. The molecular weight excluding hydrogens is 264 g/mol. The van der Waals surface area contributed by atoms with Crippen LogP contribution in [0.3, 0.4) is 0 Å². The van der Waals surface area contributed by atoms with Crippen molar-refractivity contribution in [3.63, 3.8) is 0 Å². The summed E-state index contributed by atoms with van der Waals surface area (Å²) in [5.74, 6) is -1.42. The van der Waals surface area contributed by atoms with Crippen LogP contribution in [0.4, 0.5) is 4.79 Å². The number of urea groups is 1. The summed E-state index contributed by atoms with van der Waals surface area (Å²) in [6.45, 7) is 2.87. The van der Waals surface area contributed by atoms with Crippen LogP contribution in [0.25, 0.3) is 0 Å². The van der Waals surface area contributed by atoms with E-state index in [0.717, 1.165) is 6.42 Å². The molecular formula is C13H20N2O5. The molecule has 0 aromatic carbocycles. The maximum absolute atomic E-state index is 12.4. The minimum atomic E-state index is -0.910. The highest BCUT2D eigenvalue weighted by molar-refractivity contribution is 5.83. The molecule has 3 rings (SSSR count). The molecule has 20 heavy (non-hydrogen) atoms. The fourth-order valence-electron chi connectivity index (χ4n) is 3.26. The molecule has 3 aliphatic rings. The monoisotopic (exact) mass is 284 g/mol. The molecule has 7 heteroatoms. The standard InChI is InChI=1S/C13H20N2O5/c16-11(17)10-2-1-5-15(10)12(18)14-6-3-13(4-7-14)19-8-9-20-13/h10H,1-9H2,(H,16,17)/t10-/m0/s1.